The molecule has 0 bridgehead atoms. The van der Waals surface area contributed by atoms with E-state index in [1.807, 2.05) is 0 Å². The van der Waals surface area contributed by atoms with E-state index in [-0.39, 0.29) is 6.01 Å². The topological polar surface area (TPSA) is 83.2 Å². The van der Waals surface area contributed by atoms with Crippen LogP contribution in [0.15, 0.2) is 10.7 Å². The Morgan fingerprint density at radius 1 is 1.19 bits per heavy atom. The van der Waals surface area contributed by atoms with Crippen LogP contribution in [-0.2, 0) is 0 Å². The van der Waals surface area contributed by atoms with Crippen LogP contribution in [0, 0.1) is 6.92 Å². The molecular weight excluding hydrogens is 212 g/mol. The van der Waals surface area contributed by atoms with Crippen LogP contribution in [-0.4, -0.2) is 34.3 Å². The maximum Gasteiger partial charge on any atom is 0.319 e. The van der Waals surface area contributed by atoms with Crippen molar-refractivity contribution in [2.24, 2.45) is 0 Å². The summed E-state index contributed by atoms with van der Waals surface area (Å²) in [5.41, 5.74) is 0.531. The Morgan fingerprint density at radius 3 is 2.56 bits per heavy atom. The fourth-order valence-electron chi connectivity index (χ4n) is 1.16. The van der Waals surface area contributed by atoms with E-state index < -0.39 is 0 Å². The van der Waals surface area contributed by atoms with Crippen molar-refractivity contribution in [2.75, 3.05) is 14.2 Å². The van der Waals surface area contributed by atoms with E-state index in [4.69, 9.17) is 14.0 Å². The summed E-state index contributed by atoms with van der Waals surface area (Å²) in [5, 5.41) is 3.68. The molecule has 2 heterocycles. The van der Waals surface area contributed by atoms with Gasteiger partial charge in [-0.2, -0.15) is 9.97 Å². The SMILES string of the molecule is COc1ncc(-c2nc(C)no2)c(OC)n1. The average Bonchev–Trinajstić information content (AvgIpc) is 2.74. The van der Waals surface area contributed by atoms with Gasteiger partial charge in [-0.3, -0.25) is 0 Å². The molecule has 7 heteroatoms. The number of hydrogen-bond donors (Lipinski definition) is 0. The number of nitrogens with zero attached hydrogens (tertiary/aromatic N) is 4. The number of methoxy groups -OCH3 is 2. The smallest absolute Gasteiger partial charge is 0.319 e. The van der Waals surface area contributed by atoms with Crippen LogP contribution in [0.5, 0.6) is 11.9 Å². The summed E-state index contributed by atoms with van der Waals surface area (Å²) >= 11 is 0. The lowest BCUT2D eigenvalue weighted by Gasteiger charge is -2.04. The predicted octanol–water partition coefficient (Wildman–Crippen LogP) is 0.852. The second kappa shape index (κ2) is 4.13. The number of rotatable bonds is 3. The minimum Gasteiger partial charge on any atom is -0.480 e. The average molecular weight is 222 g/mol. The maximum absolute atomic E-state index is 5.09. The highest BCUT2D eigenvalue weighted by Crippen LogP contribution is 2.26. The maximum atomic E-state index is 5.09. The summed E-state index contributed by atoms with van der Waals surface area (Å²) < 4.78 is 15.0. The second-order valence-electron chi connectivity index (χ2n) is 2.93. The summed E-state index contributed by atoms with van der Waals surface area (Å²) in [6, 6.07) is 0.219. The van der Waals surface area contributed by atoms with Gasteiger partial charge in [0.1, 0.15) is 5.56 Å². The number of ether oxygens (including phenoxy) is 2. The second-order valence-corrected chi connectivity index (χ2v) is 2.93. The molecule has 0 aromatic carbocycles. The molecule has 84 valence electrons. The van der Waals surface area contributed by atoms with Crippen LogP contribution in [0.4, 0.5) is 0 Å². The van der Waals surface area contributed by atoms with E-state index in [1.165, 1.54) is 20.4 Å². The Bertz CT molecular complexity index is 497. The van der Waals surface area contributed by atoms with Gasteiger partial charge in [-0.05, 0) is 6.92 Å². The Hall–Kier alpha value is -2.18. The summed E-state index contributed by atoms with van der Waals surface area (Å²) in [4.78, 5) is 12.0. The first kappa shape index (κ1) is 10.3. The first-order valence-corrected chi connectivity index (χ1v) is 4.50. The highest BCUT2D eigenvalue weighted by atomic mass is 16.5. The molecule has 0 saturated carbocycles. The van der Waals surface area contributed by atoms with E-state index >= 15 is 0 Å². The van der Waals surface area contributed by atoms with Crippen molar-refractivity contribution < 1.29 is 14.0 Å². The van der Waals surface area contributed by atoms with E-state index in [2.05, 4.69) is 20.1 Å². The van der Waals surface area contributed by atoms with Gasteiger partial charge in [0, 0.05) is 0 Å². The lowest BCUT2D eigenvalue weighted by molar-refractivity contribution is 0.350. The molecule has 0 radical (unpaired) electrons. The quantitative estimate of drug-likeness (QED) is 0.761. The standard InChI is InChI=1S/C9H10N4O3/c1-5-11-8(16-13-5)6-4-10-9(15-3)12-7(6)14-2/h4H,1-3H3. The van der Waals surface area contributed by atoms with Crippen molar-refractivity contribution in [3.63, 3.8) is 0 Å². The highest BCUT2D eigenvalue weighted by Gasteiger charge is 2.15. The lowest BCUT2D eigenvalue weighted by atomic mass is 10.3. The van der Waals surface area contributed by atoms with Crippen molar-refractivity contribution in [3.8, 4) is 23.3 Å². The Morgan fingerprint density at radius 2 is 2.00 bits per heavy atom. The molecule has 2 aromatic heterocycles. The largest absolute Gasteiger partial charge is 0.480 e. The third-order valence-electron chi connectivity index (χ3n) is 1.87. The zero-order chi connectivity index (χ0) is 11.5. The third-order valence-corrected chi connectivity index (χ3v) is 1.87. The van der Waals surface area contributed by atoms with Gasteiger partial charge in [0.25, 0.3) is 5.89 Å². The van der Waals surface area contributed by atoms with E-state index in [9.17, 15) is 0 Å². The van der Waals surface area contributed by atoms with Crippen LogP contribution in [0.1, 0.15) is 5.82 Å². The van der Waals surface area contributed by atoms with Crippen LogP contribution in [0.2, 0.25) is 0 Å². The van der Waals surface area contributed by atoms with Crippen molar-refractivity contribution >= 4 is 0 Å². The first-order valence-electron chi connectivity index (χ1n) is 4.50. The summed E-state index contributed by atoms with van der Waals surface area (Å²) in [6.07, 6.45) is 1.51. The summed E-state index contributed by atoms with van der Waals surface area (Å²) in [5.74, 6) is 1.18. The zero-order valence-electron chi connectivity index (χ0n) is 9.09. The van der Waals surface area contributed by atoms with Gasteiger partial charge in [0.15, 0.2) is 5.82 Å². The molecule has 0 fully saturated rings. The van der Waals surface area contributed by atoms with Gasteiger partial charge in [-0.15, -0.1) is 0 Å². The number of aromatic nitrogens is 4. The van der Waals surface area contributed by atoms with Crippen molar-refractivity contribution in [2.45, 2.75) is 6.92 Å². The molecule has 0 spiro atoms. The minimum atomic E-state index is 0.219. The normalized spacial score (nSPS) is 10.2. The van der Waals surface area contributed by atoms with Gasteiger partial charge < -0.3 is 14.0 Å². The number of aryl methyl sites for hydroxylation is 1. The van der Waals surface area contributed by atoms with Crippen molar-refractivity contribution in [3.05, 3.63) is 12.0 Å². The molecule has 0 saturated heterocycles. The van der Waals surface area contributed by atoms with Gasteiger partial charge in [0.2, 0.25) is 5.88 Å². The van der Waals surface area contributed by atoms with E-state index in [0.717, 1.165) is 0 Å². The first-order chi connectivity index (χ1) is 7.74. The molecule has 0 aliphatic rings. The molecular formula is C9H10N4O3. The molecule has 2 rings (SSSR count). The van der Waals surface area contributed by atoms with Crippen LogP contribution in [0.3, 0.4) is 0 Å². The van der Waals surface area contributed by atoms with Gasteiger partial charge in [-0.25, -0.2) is 4.98 Å². The number of hydrogen-bond acceptors (Lipinski definition) is 7. The fraction of sp³-hybridized carbons (Fsp3) is 0.333. The Kier molecular flexibility index (Phi) is 2.67. The summed E-state index contributed by atoms with van der Waals surface area (Å²) in [7, 11) is 2.97. The minimum absolute atomic E-state index is 0.219. The molecule has 16 heavy (non-hydrogen) atoms. The van der Waals surface area contributed by atoms with E-state index in [0.29, 0.717) is 23.2 Å². The van der Waals surface area contributed by atoms with Gasteiger partial charge >= 0.3 is 6.01 Å². The molecule has 7 nitrogen and oxygen atoms in total. The summed E-state index contributed by atoms with van der Waals surface area (Å²) in [6.45, 7) is 1.73. The Balaban J connectivity index is 2.48. The van der Waals surface area contributed by atoms with Crippen molar-refractivity contribution in [1.29, 1.82) is 0 Å². The molecule has 2 aromatic rings. The predicted molar refractivity (Wildman–Crippen MR) is 53.2 cm³/mol. The van der Waals surface area contributed by atoms with Crippen LogP contribution >= 0.6 is 0 Å². The molecule has 0 atom stereocenters. The fourth-order valence-corrected chi connectivity index (χ4v) is 1.16. The molecule has 0 amide bonds. The van der Waals surface area contributed by atoms with Gasteiger partial charge in [-0.1, -0.05) is 5.16 Å². The van der Waals surface area contributed by atoms with Crippen molar-refractivity contribution in [1.82, 2.24) is 20.1 Å². The molecule has 0 aliphatic heterocycles. The molecule has 0 unspecified atom stereocenters. The van der Waals surface area contributed by atoms with Gasteiger partial charge in [0.05, 0.1) is 20.4 Å². The molecule has 0 aliphatic carbocycles. The van der Waals surface area contributed by atoms with Crippen LogP contribution < -0.4 is 9.47 Å². The monoisotopic (exact) mass is 222 g/mol. The zero-order valence-corrected chi connectivity index (χ0v) is 9.09. The third kappa shape index (κ3) is 1.79. The van der Waals surface area contributed by atoms with E-state index in [1.54, 1.807) is 6.92 Å². The van der Waals surface area contributed by atoms with Crippen LogP contribution in [0.25, 0.3) is 11.5 Å². The lowest BCUT2D eigenvalue weighted by Crippen LogP contribution is -1.97. The molecule has 0 N–H and O–H groups in total. The Labute approximate surface area is 91.4 Å². The highest BCUT2D eigenvalue weighted by molar-refractivity contribution is 5.58.